The van der Waals surface area contributed by atoms with Gasteiger partial charge in [-0.3, -0.25) is 4.79 Å². The van der Waals surface area contributed by atoms with Crippen molar-refractivity contribution >= 4 is 38.3 Å². The molecule has 0 N–H and O–H groups in total. The Labute approximate surface area is 215 Å². The summed E-state index contributed by atoms with van der Waals surface area (Å²) < 4.78 is 38.9. The van der Waals surface area contributed by atoms with Crippen LogP contribution in [0.4, 0.5) is 0 Å². The molecule has 0 aliphatic carbocycles. The van der Waals surface area contributed by atoms with E-state index in [4.69, 9.17) is 33.2 Å². The van der Waals surface area contributed by atoms with E-state index >= 15 is 0 Å². The minimum absolute atomic E-state index is 0. The van der Waals surface area contributed by atoms with Gasteiger partial charge in [0.1, 0.15) is 34.3 Å². The molecule has 8 nitrogen and oxygen atoms in total. The number of hydrogen-bond acceptors (Lipinski definition) is 8. The summed E-state index contributed by atoms with van der Waals surface area (Å²) >= 11 is 0. The van der Waals surface area contributed by atoms with Gasteiger partial charge in [-0.1, -0.05) is 0 Å². The zero-order chi connectivity index (χ0) is 24.4. The molecule has 0 spiro atoms. The molecule has 0 fully saturated rings. The van der Waals surface area contributed by atoms with Crippen molar-refractivity contribution in [1.82, 2.24) is 0 Å². The second kappa shape index (κ2) is 15.1. The van der Waals surface area contributed by atoms with Crippen molar-refractivity contribution < 1.29 is 38.0 Å². The molecule has 2 aromatic carbocycles. The second-order valence-corrected chi connectivity index (χ2v) is 8.04. The van der Waals surface area contributed by atoms with Crippen LogP contribution >= 0.6 is 8.58 Å². The minimum atomic E-state index is -0.502. The summed E-state index contributed by atoms with van der Waals surface area (Å²) in [6.07, 6.45) is -0.923. The summed E-state index contributed by atoms with van der Waals surface area (Å²) in [5.74, 6) is 2.34. The van der Waals surface area contributed by atoms with E-state index < -0.39 is 12.6 Å². The first-order valence-electron chi connectivity index (χ1n) is 10.7. The first-order chi connectivity index (χ1) is 15.9. The molecular weight excluding hydrogens is 454 g/mol. The number of carbonyl (C=O) groups is 1. The van der Waals surface area contributed by atoms with Gasteiger partial charge in [-0.25, -0.2) is 0 Å². The summed E-state index contributed by atoms with van der Waals surface area (Å²) in [5, 5.41) is 0.697. The molecule has 2 rings (SSSR count). The maximum atomic E-state index is 13.4. The van der Waals surface area contributed by atoms with Gasteiger partial charge >= 0.3 is 18.9 Å². The van der Waals surface area contributed by atoms with Crippen LogP contribution in [-0.4, -0.2) is 71.5 Å². The zero-order valence-corrected chi connectivity index (χ0v) is 21.2. The fourth-order valence-electron chi connectivity index (χ4n) is 3.10. The van der Waals surface area contributed by atoms with Crippen LogP contribution in [-0.2, 0) is 9.47 Å². The van der Waals surface area contributed by atoms with Crippen LogP contribution in [0, 0.1) is 0 Å². The van der Waals surface area contributed by atoms with E-state index in [0.29, 0.717) is 52.8 Å². The van der Waals surface area contributed by atoms with Gasteiger partial charge in [-0.15, -0.1) is 0 Å². The molecule has 34 heavy (non-hydrogen) atoms. The predicted molar refractivity (Wildman–Crippen MR) is 135 cm³/mol. The van der Waals surface area contributed by atoms with Crippen molar-refractivity contribution in [3.63, 3.8) is 0 Å². The van der Waals surface area contributed by atoms with Crippen molar-refractivity contribution in [2.24, 2.45) is 0 Å². The summed E-state index contributed by atoms with van der Waals surface area (Å²) in [4.78, 5) is 13.4. The Hall–Kier alpha value is -1.94. The van der Waals surface area contributed by atoms with Gasteiger partial charge < -0.3 is 33.2 Å². The van der Waals surface area contributed by atoms with E-state index in [9.17, 15) is 4.79 Å². The number of methoxy groups -OCH3 is 3. The van der Waals surface area contributed by atoms with Crippen LogP contribution in [0.1, 0.15) is 38.1 Å². The van der Waals surface area contributed by atoms with Crippen molar-refractivity contribution in [2.45, 2.75) is 40.3 Å². The standard InChI is InChI=1S/C24H33O8P.Li.H/c1-8-29-15(3)31-17-10-11-22(19(12-17)32-16(4)30-9-2)33-24(25)23-20(27-6)13-18(26-5)14-21(23)28-7;;/h10-16,33H,8-9H2,1-7H3;;. The Morgan fingerprint density at radius 1 is 0.794 bits per heavy atom. The van der Waals surface area contributed by atoms with Gasteiger partial charge in [-0.2, -0.15) is 0 Å². The Kier molecular flexibility index (Phi) is 13.4. The zero-order valence-electron chi connectivity index (χ0n) is 20.2. The molecule has 0 heterocycles. The Balaban J connectivity index is 0.00000578. The molecule has 10 heteroatoms. The van der Waals surface area contributed by atoms with Crippen molar-refractivity contribution in [3.05, 3.63) is 35.9 Å². The molecule has 0 aromatic heterocycles. The molecule has 2 aromatic rings. The quantitative estimate of drug-likeness (QED) is 0.226. The third-order valence-electron chi connectivity index (χ3n) is 4.54. The molecule has 0 amide bonds. The van der Waals surface area contributed by atoms with Gasteiger partial charge in [0.2, 0.25) is 0 Å². The molecule has 0 bridgehead atoms. The van der Waals surface area contributed by atoms with Crippen LogP contribution in [0.3, 0.4) is 0 Å². The van der Waals surface area contributed by atoms with Gasteiger partial charge in [0.25, 0.3) is 0 Å². The van der Waals surface area contributed by atoms with E-state index in [1.54, 1.807) is 37.3 Å². The number of rotatable bonds is 14. The molecule has 3 unspecified atom stereocenters. The Morgan fingerprint density at radius 3 is 1.82 bits per heavy atom. The van der Waals surface area contributed by atoms with Gasteiger partial charge in [0.15, 0.2) is 18.1 Å². The normalized spacial score (nSPS) is 12.6. The molecule has 184 valence electrons. The molecule has 3 atom stereocenters. The van der Waals surface area contributed by atoms with Gasteiger partial charge in [-0.05, 0) is 48.4 Å². The van der Waals surface area contributed by atoms with E-state index in [1.807, 2.05) is 20.8 Å². The average molecular weight is 488 g/mol. The van der Waals surface area contributed by atoms with Crippen LogP contribution in [0.5, 0.6) is 28.7 Å². The summed E-state index contributed by atoms with van der Waals surface area (Å²) in [6, 6.07) is 8.64. The van der Waals surface area contributed by atoms with E-state index in [-0.39, 0.29) is 33.0 Å². The maximum absolute atomic E-state index is 13.4. The van der Waals surface area contributed by atoms with E-state index in [1.165, 1.54) is 21.3 Å². The van der Waals surface area contributed by atoms with Crippen LogP contribution in [0.25, 0.3) is 0 Å². The van der Waals surface area contributed by atoms with Crippen molar-refractivity contribution in [1.29, 1.82) is 0 Å². The first kappa shape index (κ1) is 30.1. The van der Waals surface area contributed by atoms with E-state index in [0.717, 1.165) is 0 Å². The van der Waals surface area contributed by atoms with Crippen LogP contribution in [0.2, 0.25) is 0 Å². The van der Waals surface area contributed by atoms with Crippen molar-refractivity contribution in [3.8, 4) is 28.7 Å². The molecular formula is C24H34LiO8P. The molecule has 0 aliphatic rings. The van der Waals surface area contributed by atoms with Crippen LogP contribution in [0.15, 0.2) is 30.3 Å². The van der Waals surface area contributed by atoms with Crippen LogP contribution < -0.4 is 29.0 Å². The summed E-state index contributed by atoms with van der Waals surface area (Å²) in [7, 11) is 4.27. The number of benzene rings is 2. The average Bonchev–Trinajstić information content (AvgIpc) is 2.79. The third-order valence-corrected chi connectivity index (χ3v) is 5.70. The first-order valence-corrected chi connectivity index (χ1v) is 11.7. The number of ether oxygens (including phenoxy) is 7. The molecule has 0 radical (unpaired) electrons. The van der Waals surface area contributed by atoms with Gasteiger partial charge in [0, 0.05) is 36.7 Å². The molecule has 0 saturated carbocycles. The second-order valence-electron chi connectivity index (χ2n) is 6.80. The number of hydrogen-bond donors (Lipinski definition) is 0. The molecule has 0 saturated heterocycles. The number of carbonyl (C=O) groups excluding carboxylic acids is 1. The Bertz CT molecular complexity index is 899. The van der Waals surface area contributed by atoms with Crippen molar-refractivity contribution in [2.75, 3.05) is 34.5 Å². The third kappa shape index (κ3) is 8.37. The topological polar surface area (TPSA) is 81.7 Å². The summed E-state index contributed by atoms with van der Waals surface area (Å²) in [5.41, 5.74) is 0.171. The summed E-state index contributed by atoms with van der Waals surface area (Å²) in [6.45, 7) is 8.42. The predicted octanol–water partition coefficient (Wildman–Crippen LogP) is 3.73. The monoisotopic (exact) mass is 488 g/mol. The molecule has 0 aliphatic heterocycles. The van der Waals surface area contributed by atoms with Gasteiger partial charge in [0.05, 0.1) is 21.3 Å². The Morgan fingerprint density at radius 2 is 1.32 bits per heavy atom. The SMILES string of the molecule is CCOC(C)Oc1ccc(PC(=O)c2c(OC)cc(OC)cc2OC)c(OC(C)OCC)c1.[LiH]. The fraction of sp³-hybridized carbons (Fsp3) is 0.458. The fourth-order valence-corrected chi connectivity index (χ4v) is 4.14. The van der Waals surface area contributed by atoms with E-state index in [2.05, 4.69) is 0 Å².